The molecule has 0 radical (unpaired) electrons. The van der Waals surface area contributed by atoms with Crippen LogP contribution in [0.3, 0.4) is 0 Å². The molecule has 1 aliphatic heterocycles. The maximum Gasteiger partial charge on any atom is 0.231 e. The van der Waals surface area contributed by atoms with Crippen LogP contribution in [0.5, 0.6) is 5.75 Å². The van der Waals surface area contributed by atoms with E-state index in [-0.39, 0.29) is 18.0 Å². The summed E-state index contributed by atoms with van der Waals surface area (Å²) in [6.07, 6.45) is 2.68. The Hall–Kier alpha value is -3.15. The second-order valence-corrected chi connectivity index (χ2v) is 7.07. The van der Waals surface area contributed by atoms with Gasteiger partial charge in [-0.15, -0.1) is 0 Å². The predicted molar refractivity (Wildman–Crippen MR) is 107 cm³/mol. The molecule has 4 rings (SSSR count). The van der Waals surface area contributed by atoms with Gasteiger partial charge in [0.2, 0.25) is 11.9 Å². The third-order valence-corrected chi connectivity index (χ3v) is 5.36. The van der Waals surface area contributed by atoms with Gasteiger partial charge < -0.3 is 4.74 Å². The molecule has 0 saturated heterocycles. The molecule has 0 bridgehead atoms. The molecule has 2 aromatic carbocycles. The Morgan fingerprint density at radius 1 is 1.07 bits per heavy atom. The second kappa shape index (κ2) is 7.46. The molecule has 1 amide bonds. The highest BCUT2D eigenvalue weighted by Gasteiger charge is 2.38. The molecule has 2 atom stereocenters. The number of anilines is 1. The molecule has 0 saturated carbocycles. The highest BCUT2D eigenvalue weighted by molar-refractivity contribution is 5.92. The van der Waals surface area contributed by atoms with Crippen LogP contribution in [0.4, 0.5) is 5.95 Å². The van der Waals surface area contributed by atoms with Gasteiger partial charge in [-0.1, -0.05) is 48.9 Å². The van der Waals surface area contributed by atoms with E-state index >= 15 is 0 Å². The van der Waals surface area contributed by atoms with E-state index in [1.165, 1.54) is 17.5 Å². The highest BCUT2D eigenvalue weighted by Crippen LogP contribution is 2.42. The number of ether oxygens (including phenoxy) is 1. The Kier molecular flexibility index (Phi) is 4.86. The number of fused-ring (bicyclic) bond motifs is 1. The van der Waals surface area contributed by atoms with Crippen LogP contribution in [0.1, 0.15) is 48.5 Å². The van der Waals surface area contributed by atoms with Crippen molar-refractivity contribution in [3.8, 4) is 5.75 Å². The molecule has 0 fully saturated rings. The lowest BCUT2D eigenvalue weighted by molar-refractivity contribution is -0.119. The molecule has 144 valence electrons. The van der Waals surface area contributed by atoms with Crippen molar-refractivity contribution in [3.05, 3.63) is 71.5 Å². The minimum atomic E-state index is -0.110. The van der Waals surface area contributed by atoms with E-state index in [9.17, 15) is 4.79 Å². The predicted octanol–water partition coefficient (Wildman–Crippen LogP) is 4.07. The molecule has 1 aromatic heterocycles. The molecule has 1 aliphatic rings. The third kappa shape index (κ3) is 3.15. The molecule has 0 aliphatic carbocycles. The number of aryl methyl sites for hydroxylation is 1. The fraction of sp³-hybridized carbons (Fsp3) is 0.318. The summed E-state index contributed by atoms with van der Waals surface area (Å²) in [5.41, 5.74) is 3.45. The Balaban J connectivity index is 1.81. The molecular formula is C22H24N4O2. The monoisotopic (exact) mass is 376 g/mol. The van der Waals surface area contributed by atoms with Gasteiger partial charge in [0.25, 0.3) is 0 Å². The van der Waals surface area contributed by atoms with Gasteiger partial charge in [-0.05, 0) is 36.6 Å². The molecule has 6 nitrogen and oxygen atoms in total. The first-order valence-electron chi connectivity index (χ1n) is 9.54. The number of aromatic nitrogens is 3. The quantitative estimate of drug-likeness (QED) is 0.689. The van der Waals surface area contributed by atoms with Gasteiger partial charge >= 0.3 is 0 Å². The normalized spacial score (nSPS) is 18.6. The number of methoxy groups -OCH3 is 1. The molecule has 0 N–H and O–H groups in total. The van der Waals surface area contributed by atoms with Crippen molar-refractivity contribution in [3.63, 3.8) is 0 Å². The Morgan fingerprint density at radius 2 is 1.71 bits per heavy atom. The van der Waals surface area contributed by atoms with Crippen LogP contribution >= 0.6 is 0 Å². The van der Waals surface area contributed by atoms with Gasteiger partial charge in [-0.2, -0.15) is 10.1 Å². The maximum atomic E-state index is 12.8. The number of hydrogen-bond donors (Lipinski definition) is 0. The average molecular weight is 376 g/mol. The van der Waals surface area contributed by atoms with Crippen LogP contribution < -0.4 is 9.64 Å². The summed E-state index contributed by atoms with van der Waals surface area (Å²) >= 11 is 0. The van der Waals surface area contributed by atoms with Crippen molar-refractivity contribution < 1.29 is 9.53 Å². The van der Waals surface area contributed by atoms with Crippen molar-refractivity contribution in [2.45, 2.75) is 38.8 Å². The summed E-state index contributed by atoms with van der Waals surface area (Å²) in [6, 6.07) is 16.3. The zero-order valence-corrected chi connectivity index (χ0v) is 16.4. The molecule has 0 unspecified atom stereocenters. The fourth-order valence-corrected chi connectivity index (χ4v) is 3.83. The van der Waals surface area contributed by atoms with Gasteiger partial charge in [0.05, 0.1) is 19.2 Å². The van der Waals surface area contributed by atoms with Crippen LogP contribution in [0.25, 0.3) is 0 Å². The average Bonchev–Trinajstić information content (AvgIpc) is 3.22. The van der Waals surface area contributed by atoms with E-state index in [1.807, 2.05) is 35.9 Å². The minimum Gasteiger partial charge on any atom is -0.497 e. The van der Waals surface area contributed by atoms with Crippen molar-refractivity contribution in [2.75, 3.05) is 12.0 Å². The van der Waals surface area contributed by atoms with E-state index in [4.69, 9.17) is 4.74 Å². The smallest absolute Gasteiger partial charge is 0.231 e. The van der Waals surface area contributed by atoms with Gasteiger partial charge in [0.15, 0.2) is 0 Å². The van der Waals surface area contributed by atoms with Crippen molar-refractivity contribution in [1.82, 2.24) is 14.8 Å². The van der Waals surface area contributed by atoms with Gasteiger partial charge in [0, 0.05) is 6.42 Å². The lowest BCUT2D eigenvalue weighted by atomic mass is 9.91. The number of rotatable bonds is 4. The second-order valence-electron chi connectivity index (χ2n) is 7.07. The van der Waals surface area contributed by atoms with E-state index in [0.29, 0.717) is 12.4 Å². The minimum absolute atomic E-state index is 0.0195. The summed E-state index contributed by atoms with van der Waals surface area (Å²) in [6.45, 7) is 3.95. The molecule has 0 spiro atoms. The van der Waals surface area contributed by atoms with Crippen LogP contribution in [0, 0.1) is 6.92 Å². The van der Waals surface area contributed by atoms with Crippen LogP contribution in [-0.4, -0.2) is 27.8 Å². The van der Waals surface area contributed by atoms with E-state index in [2.05, 4.69) is 41.3 Å². The first kappa shape index (κ1) is 18.2. The first-order valence-corrected chi connectivity index (χ1v) is 9.54. The summed E-state index contributed by atoms with van der Waals surface area (Å²) in [5.74, 6) is 1.44. The van der Waals surface area contributed by atoms with Gasteiger partial charge in [0.1, 0.15) is 12.1 Å². The van der Waals surface area contributed by atoms with Gasteiger partial charge in [-0.3, -0.25) is 9.69 Å². The van der Waals surface area contributed by atoms with Gasteiger partial charge in [-0.25, -0.2) is 4.68 Å². The molecule has 6 heteroatoms. The number of carbonyl (C=O) groups excluding carboxylic acids is 1. The summed E-state index contributed by atoms with van der Waals surface area (Å²) in [4.78, 5) is 19.1. The summed E-state index contributed by atoms with van der Waals surface area (Å²) in [7, 11) is 1.65. The highest BCUT2D eigenvalue weighted by atomic mass is 16.5. The summed E-state index contributed by atoms with van der Waals surface area (Å²) in [5, 5.41) is 4.45. The largest absolute Gasteiger partial charge is 0.497 e. The number of nitrogens with zero attached hydrogens (tertiary/aromatic N) is 4. The number of amides is 1. The molecule has 2 heterocycles. The molecule has 3 aromatic rings. The zero-order chi connectivity index (χ0) is 19.7. The number of carbonyl (C=O) groups is 1. The third-order valence-electron chi connectivity index (χ3n) is 5.36. The van der Waals surface area contributed by atoms with Crippen molar-refractivity contribution in [1.29, 1.82) is 0 Å². The lowest BCUT2D eigenvalue weighted by Gasteiger charge is -2.39. The number of benzene rings is 2. The van der Waals surface area contributed by atoms with E-state index < -0.39 is 0 Å². The van der Waals surface area contributed by atoms with Crippen molar-refractivity contribution in [2.24, 2.45) is 0 Å². The SMILES string of the molecule is CCC(=O)N1c2ncnn2[C@H](c2ccc(C)cc2)C[C@H]1c1ccc(OC)cc1. The topological polar surface area (TPSA) is 60.2 Å². The Morgan fingerprint density at radius 3 is 2.36 bits per heavy atom. The van der Waals surface area contributed by atoms with E-state index in [1.54, 1.807) is 12.0 Å². The van der Waals surface area contributed by atoms with Crippen LogP contribution in [0.15, 0.2) is 54.9 Å². The van der Waals surface area contributed by atoms with Crippen LogP contribution in [0.2, 0.25) is 0 Å². The van der Waals surface area contributed by atoms with Crippen molar-refractivity contribution >= 4 is 11.9 Å². The first-order chi connectivity index (χ1) is 13.6. The fourth-order valence-electron chi connectivity index (χ4n) is 3.83. The summed E-state index contributed by atoms with van der Waals surface area (Å²) < 4.78 is 7.16. The zero-order valence-electron chi connectivity index (χ0n) is 16.4. The number of hydrogen-bond acceptors (Lipinski definition) is 4. The molecule has 28 heavy (non-hydrogen) atoms. The van der Waals surface area contributed by atoms with Crippen LogP contribution in [-0.2, 0) is 4.79 Å². The standard InChI is InChI=1S/C22H24N4O2/c1-4-21(27)25-19(16-9-11-18(28-3)12-10-16)13-20(26-22(25)23-14-24-26)17-7-5-15(2)6-8-17/h5-12,14,19-20H,4,13H2,1-3H3/t19-,20-/m0/s1. The Labute approximate surface area is 164 Å². The Bertz CT molecular complexity index is 963. The lowest BCUT2D eigenvalue weighted by Crippen LogP contribution is -2.42. The maximum absolute atomic E-state index is 12.8. The van der Waals surface area contributed by atoms with E-state index in [0.717, 1.165) is 17.7 Å². The molecular weight excluding hydrogens is 352 g/mol.